The molecule has 108 valence electrons. The number of alkyl halides is 1. The third-order valence-electron chi connectivity index (χ3n) is 3.46. The van der Waals surface area contributed by atoms with Gasteiger partial charge in [0.25, 0.3) is 11.7 Å². The molecule has 1 heterocycles. The number of carbonyl (C=O) groups excluding carboxylic acids is 2. The maximum atomic E-state index is 13.8. The van der Waals surface area contributed by atoms with E-state index in [2.05, 4.69) is 15.9 Å². The van der Waals surface area contributed by atoms with Gasteiger partial charge in [0, 0.05) is 11.9 Å². The van der Waals surface area contributed by atoms with E-state index < -0.39 is 28.9 Å². The first kappa shape index (κ1) is 15.1. The smallest absolute Gasteiger partial charge is 0.299 e. The van der Waals surface area contributed by atoms with Crippen molar-refractivity contribution in [2.45, 2.75) is 19.8 Å². The number of fused-ring (bicyclic) bond motifs is 1. The second-order valence-corrected chi connectivity index (χ2v) is 5.70. The minimum atomic E-state index is -0.967. The summed E-state index contributed by atoms with van der Waals surface area (Å²) in [4.78, 5) is 24.7. The van der Waals surface area contributed by atoms with Crippen LogP contribution in [0.25, 0.3) is 0 Å². The van der Waals surface area contributed by atoms with E-state index in [0.717, 1.165) is 28.8 Å². The number of ketones is 1. The molecular weight excluding hydrogens is 332 g/mol. The molecule has 0 saturated heterocycles. The standard InChI is InChI=1S/C14H14BrF2NO2/c1-8(4-6-15)5-7-18-12-10(17)3-2-9(16)11(12)13(19)14(18)20/h2-3,8H,4-7H2,1H3. The lowest BCUT2D eigenvalue weighted by molar-refractivity contribution is -0.114. The van der Waals surface area contributed by atoms with Crippen LogP contribution >= 0.6 is 15.9 Å². The molecule has 2 rings (SSSR count). The highest BCUT2D eigenvalue weighted by Crippen LogP contribution is 2.34. The summed E-state index contributed by atoms with van der Waals surface area (Å²) in [7, 11) is 0. The maximum Gasteiger partial charge on any atom is 0.299 e. The largest absolute Gasteiger partial charge is 0.302 e. The van der Waals surface area contributed by atoms with Gasteiger partial charge in [0.15, 0.2) is 0 Å². The van der Waals surface area contributed by atoms with Crippen molar-refractivity contribution in [2.75, 3.05) is 16.8 Å². The lowest BCUT2D eigenvalue weighted by Crippen LogP contribution is -2.32. The number of benzene rings is 1. The van der Waals surface area contributed by atoms with Gasteiger partial charge < -0.3 is 4.90 Å². The summed E-state index contributed by atoms with van der Waals surface area (Å²) in [5.41, 5.74) is -0.658. The first-order valence-electron chi connectivity index (χ1n) is 6.37. The zero-order valence-electron chi connectivity index (χ0n) is 11.0. The second-order valence-electron chi connectivity index (χ2n) is 4.91. The number of amides is 1. The fourth-order valence-corrected chi connectivity index (χ4v) is 3.03. The number of rotatable bonds is 5. The highest BCUT2D eigenvalue weighted by Gasteiger charge is 2.40. The summed E-state index contributed by atoms with van der Waals surface area (Å²) in [6.45, 7) is 2.22. The van der Waals surface area contributed by atoms with Crippen molar-refractivity contribution < 1.29 is 18.4 Å². The van der Waals surface area contributed by atoms with E-state index in [9.17, 15) is 18.4 Å². The molecule has 0 N–H and O–H groups in total. The highest BCUT2D eigenvalue weighted by atomic mass is 79.9. The normalized spacial score (nSPS) is 15.7. The van der Waals surface area contributed by atoms with Crippen LogP contribution in [0.15, 0.2) is 12.1 Å². The van der Waals surface area contributed by atoms with Gasteiger partial charge >= 0.3 is 0 Å². The minimum absolute atomic E-state index is 0.214. The number of Topliss-reactive ketones (excluding diaryl/α,β-unsaturated/α-hetero) is 1. The van der Waals surface area contributed by atoms with E-state index in [4.69, 9.17) is 0 Å². The zero-order valence-corrected chi connectivity index (χ0v) is 12.5. The molecule has 1 amide bonds. The number of hydrogen-bond donors (Lipinski definition) is 0. The molecule has 0 bridgehead atoms. The van der Waals surface area contributed by atoms with Crippen molar-refractivity contribution in [3.05, 3.63) is 29.3 Å². The van der Waals surface area contributed by atoms with E-state index >= 15 is 0 Å². The average molecular weight is 346 g/mol. The zero-order chi connectivity index (χ0) is 14.9. The van der Waals surface area contributed by atoms with Crippen molar-refractivity contribution in [3.8, 4) is 0 Å². The van der Waals surface area contributed by atoms with Crippen LogP contribution in [0.2, 0.25) is 0 Å². The van der Waals surface area contributed by atoms with Gasteiger partial charge in [-0.2, -0.15) is 0 Å². The Hall–Kier alpha value is -1.30. The Morgan fingerprint density at radius 3 is 2.50 bits per heavy atom. The topological polar surface area (TPSA) is 37.4 Å². The maximum absolute atomic E-state index is 13.8. The third-order valence-corrected chi connectivity index (χ3v) is 3.92. The number of nitrogens with zero attached hydrogens (tertiary/aromatic N) is 1. The molecule has 3 nitrogen and oxygen atoms in total. The fourth-order valence-electron chi connectivity index (χ4n) is 2.25. The molecule has 1 atom stereocenters. The summed E-state index contributed by atoms with van der Waals surface area (Å²) in [6, 6.07) is 1.81. The van der Waals surface area contributed by atoms with E-state index in [1.807, 2.05) is 6.92 Å². The molecule has 0 spiro atoms. The average Bonchev–Trinajstić information content (AvgIpc) is 2.66. The lowest BCUT2D eigenvalue weighted by atomic mass is 10.1. The molecule has 6 heteroatoms. The Kier molecular flexibility index (Phi) is 4.52. The van der Waals surface area contributed by atoms with Gasteiger partial charge in [-0.1, -0.05) is 22.9 Å². The van der Waals surface area contributed by atoms with Crippen molar-refractivity contribution in [1.29, 1.82) is 0 Å². The molecule has 0 radical (unpaired) electrons. The first-order chi connectivity index (χ1) is 9.47. The van der Waals surface area contributed by atoms with Gasteiger partial charge in [-0.3, -0.25) is 9.59 Å². The van der Waals surface area contributed by atoms with Crippen LogP contribution in [0.1, 0.15) is 30.1 Å². The molecule has 1 aliphatic rings. The SMILES string of the molecule is CC(CCBr)CCN1C(=O)C(=O)c2c(F)ccc(F)c21. The second kappa shape index (κ2) is 5.99. The van der Waals surface area contributed by atoms with Gasteiger partial charge in [0.1, 0.15) is 11.6 Å². The van der Waals surface area contributed by atoms with Crippen LogP contribution in [-0.2, 0) is 4.79 Å². The van der Waals surface area contributed by atoms with Crippen LogP contribution in [-0.4, -0.2) is 23.6 Å². The minimum Gasteiger partial charge on any atom is -0.302 e. The Bertz CT molecular complexity index is 562. The Labute approximate surface area is 124 Å². The lowest BCUT2D eigenvalue weighted by Gasteiger charge is -2.19. The number of hydrogen-bond acceptors (Lipinski definition) is 2. The number of halogens is 3. The van der Waals surface area contributed by atoms with Crippen LogP contribution in [0.5, 0.6) is 0 Å². The van der Waals surface area contributed by atoms with E-state index in [1.54, 1.807) is 0 Å². The molecule has 1 aromatic carbocycles. The fraction of sp³-hybridized carbons (Fsp3) is 0.429. The highest BCUT2D eigenvalue weighted by molar-refractivity contribution is 9.09. The summed E-state index contributed by atoms with van der Waals surface area (Å²) < 4.78 is 27.4. The van der Waals surface area contributed by atoms with E-state index in [-0.39, 0.29) is 12.2 Å². The molecule has 20 heavy (non-hydrogen) atoms. The van der Waals surface area contributed by atoms with E-state index in [0.29, 0.717) is 12.3 Å². The number of anilines is 1. The predicted molar refractivity (Wildman–Crippen MR) is 75.2 cm³/mol. The molecule has 1 aliphatic heterocycles. The summed E-state index contributed by atoms with van der Waals surface area (Å²) in [6.07, 6.45) is 1.54. The van der Waals surface area contributed by atoms with Crippen molar-refractivity contribution in [1.82, 2.24) is 0 Å². The quantitative estimate of drug-likeness (QED) is 0.606. The first-order valence-corrected chi connectivity index (χ1v) is 7.49. The molecule has 0 saturated carbocycles. The molecule has 0 aromatic heterocycles. The Balaban J connectivity index is 2.27. The Morgan fingerprint density at radius 1 is 1.20 bits per heavy atom. The number of carbonyl (C=O) groups is 2. The summed E-state index contributed by atoms with van der Waals surface area (Å²) in [5.74, 6) is -3.09. The van der Waals surface area contributed by atoms with Gasteiger partial charge in [-0.25, -0.2) is 8.78 Å². The van der Waals surface area contributed by atoms with Crippen LogP contribution in [0, 0.1) is 17.6 Å². The molecule has 0 fully saturated rings. The van der Waals surface area contributed by atoms with Gasteiger partial charge in [0.2, 0.25) is 0 Å². The summed E-state index contributed by atoms with van der Waals surface area (Å²) >= 11 is 3.33. The van der Waals surface area contributed by atoms with E-state index in [1.165, 1.54) is 0 Å². The van der Waals surface area contributed by atoms with Crippen LogP contribution < -0.4 is 4.90 Å². The molecule has 1 unspecified atom stereocenters. The van der Waals surface area contributed by atoms with Gasteiger partial charge in [0.05, 0.1) is 11.3 Å². The molecule has 0 aliphatic carbocycles. The monoisotopic (exact) mass is 345 g/mol. The van der Waals surface area contributed by atoms with Crippen molar-refractivity contribution >= 4 is 33.3 Å². The molecular formula is C14H14BrF2NO2. The Morgan fingerprint density at radius 2 is 1.85 bits per heavy atom. The van der Waals surface area contributed by atoms with Gasteiger partial charge in [-0.15, -0.1) is 0 Å². The van der Waals surface area contributed by atoms with Crippen molar-refractivity contribution in [2.24, 2.45) is 5.92 Å². The van der Waals surface area contributed by atoms with Crippen LogP contribution in [0.3, 0.4) is 0 Å². The van der Waals surface area contributed by atoms with Crippen molar-refractivity contribution in [3.63, 3.8) is 0 Å². The summed E-state index contributed by atoms with van der Waals surface area (Å²) in [5, 5.41) is 0.834. The predicted octanol–water partition coefficient (Wildman–Crippen LogP) is 3.31. The third kappa shape index (κ3) is 2.61. The van der Waals surface area contributed by atoms with Gasteiger partial charge in [-0.05, 0) is 30.9 Å². The molecule has 1 aromatic rings. The van der Waals surface area contributed by atoms with Crippen LogP contribution in [0.4, 0.5) is 14.5 Å².